The maximum Gasteiger partial charge on any atom is 0.347 e. The average molecular weight is 586 g/mol. The third kappa shape index (κ3) is 7.53. The molecule has 2 aromatic carbocycles. The van der Waals surface area contributed by atoms with Crippen LogP contribution in [0.3, 0.4) is 0 Å². The predicted molar refractivity (Wildman–Crippen MR) is 161 cm³/mol. The Balaban J connectivity index is 0.00000387. The van der Waals surface area contributed by atoms with Gasteiger partial charge in [-0.1, -0.05) is 31.4 Å². The molecule has 2 aromatic rings. The molecule has 0 bridgehead atoms. The molecule has 0 aromatic heterocycles. The highest BCUT2D eigenvalue weighted by molar-refractivity contribution is 5.94. The Morgan fingerprint density at radius 2 is 1.68 bits per heavy atom. The largest absolute Gasteiger partial charge is 0.489 e. The number of carbonyl (C=O) groups excluding carboxylic acids is 1. The minimum absolute atomic E-state index is 0. The van der Waals surface area contributed by atoms with Crippen molar-refractivity contribution in [1.29, 1.82) is 0 Å². The van der Waals surface area contributed by atoms with Crippen LogP contribution in [-0.2, 0) is 4.79 Å². The number of carbonyl (C=O) groups is 2. The first-order chi connectivity index (χ1) is 19.2. The predicted octanol–water partition coefficient (Wildman–Crippen LogP) is 5.74. The van der Waals surface area contributed by atoms with Crippen molar-refractivity contribution >= 4 is 24.3 Å². The van der Waals surface area contributed by atoms with E-state index >= 15 is 0 Å². The normalized spacial score (nSPS) is 22.2. The van der Waals surface area contributed by atoms with Crippen LogP contribution < -0.4 is 15.3 Å². The number of aliphatic carboxylic acids is 1. The van der Waals surface area contributed by atoms with E-state index in [-0.39, 0.29) is 30.3 Å². The highest BCUT2D eigenvalue weighted by atomic mass is 35.5. The fourth-order valence-electron chi connectivity index (χ4n) is 6.34. The van der Waals surface area contributed by atoms with E-state index in [0.717, 1.165) is 68.6 Å². The molecule has 3 aliphatic rings. The van der Waals surface area contributed by atoms with Crippen LogP contribution in [0.5, 0.6) is 11.5 Å². The van der Waals surface area contributed by atoms with Gasteiger partial charge >= 0.3 is 5.97 Å². The summed E-state index contributed by atoms with van der Waals surface area (Å²) < 4.78 is 12.2. The smallest absolute Gasteiger partial charge is 0.347 e. The minimum Gasteiger partial charge on any atom is -0.489 e. The van der Waals surface area contributed by atoms with E-state index in [1.807, 2.05) is 40.2 Å². The number of benzene rings is 2. The van der Waals surface area contributed by atoms with Gasteiger partial charge in [-0.2, -0.15) is 0 Å². The second kappa shape index (κ2) is 13.4. The van der Waals surface area contributed by atoms with Crippen LogP contribution in [0.25, 0.3) is 0 Å². The maximum atomic E-state index is 13.8. The Morgan fingerprint density at radius 3 is 2.39 bits per heavy atom. The van der Waals surface area contributed by atoms with Gasteiger partial charge in [0.15, 0.2) is 5.60 Å². The number of nitrogens with zero attached hydrogens (tertiary/aromatic N) is 2. The van der Waals surface area contributed by atoms with Crippen LogP contribution in [0.2, 0.25) is 0 Å². The van der Waals surface area contributed by atoms with Gasteiger partial charge in [-0.25, -0.2) is 9.80 Å². The number of hydrazine groups is 1. The molecule has 1 saturated carbocycles. The van der Waals surface area contributed by atoms with Crippen molar-refractivity contribution < 1.29 is 24.2 Å². The van der Waals surface area contributed by atoms with Crippen molar-refractivity contribution in [3.63, 3.8) is 0 Å². The molecule has 41 heavy (non-hydrogen) atoms. The van der Waals surface area contributed by atoms with Gasteiger partial charge in [-0.3, -0.25) is 10.6 Å². The van der Waals surface area contributed by atoms with Gasteiger partial charge < -0.3 is 19.5 Å². The summed E-state index contributed by atoms with van der Waals surface area (Å²) in [4.78, 5) is 27.3. The topological polar surface area (TPSA) is 105 Å². The molecule has 3 N–H and O–H groups in total. The van der Waals surface area contributed by atoms with Gasteiger partial charge in [0.2, 0.25) is 0 Å². The molecule has 9 heteroatoms. The number of likely N-dealkylation sites (tertiary alicyclic amines) is 1. The van der Waals surface area contributed by atoms with Crippen LogP contribution in [0.4, 0.5) is 0 Å². The second-order valence-electron chi connectivity index (χ2n) is 12.2. The van der Waals surface area contributed by atoms with Gasteiger partial charge in [0.1, 0.15) is 17.6 Å². The van der Waals surface area contributed by atoms with Gasteiger partial charge in [0.25, 0.3) is 5.91 Å². The van der Waals surface area contributed by atoms with E-state index in [4.69, 9.17) is 15.3 Å². The minimum atomic E-state index is -1.32. The zero-order valence-electron chi connectivity index (χ0n) is 24.2. The molecule has 1 unspecified atom stereocenters. The number of carboxylic acid groups (broad SMARTS) is 1. The molecule has 5 rings (SSSR count). The van der Waals surface area contributed by atoms with Crippen molar-refractivity contribution in [2.45, 2.75) is 88.8 Å². The van der Waals surface area contributed by atoms with Crippen LogP contribution in [0.15, 0.2) is 42.5 Å². The van der Waals surface area contributed by atoms with E-state index < -0.39 is 11.6 Å². The van der Waals surface area contributed by atoms with Crippen LogP contribution in [-0.4, -0.2) is 64.8 Å². The highest BCUT2D eigenvalue weighted by Gasteiger charge is 2.31. The molecule has 2 aliphatic heterocycles. The van der Waals surface area contributed by atoms with E-state index in [0.29, 0.717) is 18.2 Å². The first-order valence-electron chi connectivity index (χ1n) is 14.8. The number of piperidine rings is 1. The Bertz CT molecular complexity index is 1220. The van der Waals surface area contributed by atoms with E-state index in [1.165, 1.54) is 24.8 Å². The van der Waals surface area contributed by atoms with Crippen molar-refractivity contribution in [2.24, 2.45) is 5.84 Å². The molecule has 0 radical (unpaired) electrons. The van der Waals surface area contributed by atoms with Crippen molar-refractivity contribution in [1.82, 2.24) is 9.91 Å². The van der Waals surface area contributed by atoms with E-state index in [2.05, 4.69) is 6.07 Å². The van der Waals surface area contributed by atoms with Gasteiger partial charge in [0, 0.05) is 37.7 Å². The SMILES string of the molecule is CC(C)(Oc1cccc(C2CCCN(C(=O)c3ccc(O[C@H]4CCN(N)C4)c(C4CCCCC4)c3)C2)c1)C(=O)O.Cl. The quantitative estimate of drug-likeness (QED) is 0.380. The molecule has 8 nitrogen and oxygen atoms in total. The fraction of sp³-hybridized carbons (Fsp3) is 0.562. The highest BCUT2D eigenvalue weighted by Crippen LogP contribution is 2.39. The summed E-state index contributed by atoms with van der Waals surface area (Å²) in [5.74, 6) is 7.03. The molecular formula is C32H44ClN3O5. The Kier molecular flexibility index (Phi) is 10.2. The van der Waals surface area contributed by atoms with Gasteiger partial charge in [-0.05, 0) is 93.3 Å². The van der Waals surface area contributed by atoms with Crippen LogP contribution >= 0.6 is 12.4 Å². The molecule has 2 atom stereocenters. The van der Waals surface area contributed by atoms with Crippen molar-refractivity contribution in [2.75, 3.05) is 26.2 Å². The number of hydrogen-bond donors (Lipinski definition) is 2. The molecule has 0 spiro atoms. The summed E-state index contributed by atoms with van der Waals surface area (Å²) in [6, 6.07) is 13.7. The summed E-state index contributed by atoms with van der Waals surface area (Å²) in [6.07, 6.45) is 8.82. The first-order valence-corrected chi connectivity index (χ1v) is 14.8. The zero-order chi connectivity index (χ0) is 28.3. The van der Waals surface area contributed by atoms with E-state index in [1.54, 1.807) is 19.9 Å². The lowest BCUT2D eigenvalue weighted by atomic mass is 9.83. The number of carboxylic acids is 1. The molecule has 3 fully saturated rings. The molecule has 1 aliphatic carbocycles. The number of hydrogen-bond acceptors (Lipinski definition) is 6. The fourth-order valence-corrected chi connectivity index (χ4v) is 6.34. The Labute approximate surface area is 249 Å². The van der Waals surface area contributed by atoms with Gasteiger partial charge in [0.05, 0.1) is 0 Å². The molecule has 2 saturated heterocycles. The van der Waals surface area contributed by atoms with Crippen molar-refractivity contribution in [3.05, 3.63) is 59.2 Å². The second-order valence-corrected chi connectivity index (χ2v) is 12.2. The lowest BCUT2D eigenvalue weighted by molar-refractivity contribution is -0.152. The summed E-state index contributed by atoms with van der Waals surface area (Å²) in [7, 11) is 0. The number of amides is 1. The monoisotopic (exact) mass is 585 g/mol. The zero-order valence-corrected chi connectivity index (χ0v) is 25.0. The third-order valence-electron chi connectivity index (χ3n) is 8.70. The molecule has 2 heterocycles. The molecular weight excluding hydrogens is 542 g/mol. The van der Waals surface area contributed by atoms with Gasteiger partial charge in [-0.15, -0.1) is 12.4 Å². The number of nitrogens with two attached hydrogens (primary N) is 1. The average Bonchev–Trinajstić information content (AvgIpc) is 3.37. The first kappa shape index (κ1) is 31.1. The van der Waals surface area contributed by atoms with Crippen LogP contribution in [0, 0.1) is 0 Å². The van der Waals surface area contributed by atoms with E-state index in [9.17, 15) is 14.7 Å². The lowest BCUT2D eigenvalue weighted by Gasteiger charge is -2.34. The van der Waals surface area contributed by atoms with Crippen molar-refractivity contribution in [3.8, 4) is 11.5 Å². The molecule has 1 amide bonds. The third-order valence-corrected chi connectivity index (χ3v) is 8.70. The maximum absolute atomic E-state index is 13.8. The number of rotatable bonds is 8. The standard InChI is InChI=1S/C32H43N3O5.ClH/c1-32(2,31(37)38)40-26-12-6-10-23(18-26)25-11-7-16-34(20-25)30(36)24-13-14-29(39-27-15-17-35(33)21-27)28(19-24)22-8-4-3-5-9-22;/h6,10,12-14,18-19,22,25,27H,3-5,7-9,11,15-17,20-21,33H2,1-2H3,(H,37,38);1H/t25?,27-;/m0./s1. The summed E-state index contributed by atoms with van der Waals surface area (Å²) in [6.45, 7) is 5.99. The lowest BCUT2D eigenvalue weighted by Crippen LogP contribution is -2.39. The Morgan fingerprint density at radius 1 is 0.927 bits per heavy atom. The summed E-state index contributed by atoms with van der Waals surface area (Å²) >= 11 is 0. The van der Waals surface area contributed by atoms with Crippen LogP contribution in [0.1, 0.15) is 98.5 Å². The summed E-state index contributed by atoms with van der Waals surface area (Å²) in [5, 5.41) is 11.3. The Hall–Kier alpha value is -2.81. The number of halogens is 1. The summed E-state index contributed by atoms with van der Waals surface area (Å²) in [5.41, 5.74) is 1.63. The molecule has 224 valence electrons. The number of ether oxygens (including phenoxy) is 2.